The lowest BCUT2D eigenvalue weighted by Crippen LogP contribution is -2.16. The molecule has 0 amide bonds. The molecule has 0 aliphatic rings. The van der Waals surface area contributed by atoms with Gasteiger partial charge in [-0.15, -0.1) is 0 Å². The van der Waals surface area contributed by atoms with Gasteiger partial charge in [0.25, 0.3) is 0 Å². The summed E-state index contributed by atoms with van der Waals surface area (Å²) >= 11 is 0. The molecule has 0 saturated heterocycles. The van der Waals surface area contributed by atoms with Crippen LogP contribution >= 0.6 is 0 Å². The maximum Gasteiger partial charge on any atom is 0.218 e. The van der Waals surface area contributed by atoms with Crippen molar-refractivity contribution in [1.29, 1.82) is 0 Å². The van der Waals surface area contributed by atoms with Crippen LogP contribution < -0.4 is 10.5 Å². The number of rotatable bonds is 6. The molecule has 16 heavy (non-hydrogen) atoms. The molecule has 0 atom stereocenters. The first-order valence-corrected chi connectivity index (χ1v) is 5.25. The van der Waals surface area contributed by atoms with Crippen LogP contribution in [0.2, 0.25) is 0 Å². The third kappa shape index (κ3) is 4.12. The number of ether oxygens (including phenoxy) is 1. The average molecular weight is 227 g/mol. The molecule has 0 saturated carbocycles. The summed E-state index contributed by atoms with van der Waals surface area (Å²) in [7, 11) is 4.00. The van der Waals surface area contributed by atoms with Gasteiger partial charge >= 0.3 is 0 Å². The second-order valence-corrected chi connectivity index (χ2v) is 3.83. The van der Waals surface area contributed by atoms with E-state index in [0.717, 1.165) is 19.2 Å². The monoisotopic (exact) mass is 227 g/mol. The van der Waals surface area contributed by atoms with Crippen molar-refractivity contribution in [2.24, 2.45) is 5.73 Å². The van der Waals surface area contributed by atoms with Gasteiger partial charge in [0.05, 0.1) is 12.8 Å². The van der Waals surface area contributed by atoms with Crippen LogP contribution in [-0.2, 0) is 6.54 Å². The van der Waals surface area contributed by atoms with E-state index in [1.807, 2.05) is 14.1 Å². The molecule has 0 fully saturated rings. The molecule has 5 heteroatoms. The smallest absolute Gasteiger partial charge is 0.218 e. The molecule has 1 aromatic rings. The molecule has 4 nitrogen and oxygen atoms in total. The number of nitrogens with zero attached hydrogens (tertiary/aromatic N) is 2. The molecule has 1 aromatic heterocycles. The molecule has 0 aliphatic carbocycles. The molecule has 0 spiro atoms. The van der Waals surface area contributed by atoms with Crippen molar-refractivity contribution < 1.29 is 9.13 Å². The highest BCUT2D eigenvalue weighted by Gasteiger charge is 2.05. The zero-order valence-electron chi connectivity index (χ0n) is 9.74. The lowest BCUT2D eigenvalue weighted by Gasteiger charge is -2.11. The molecule has 0 unspecified atom stereocenters. The summed E-state index contributed by atoms with van der Waals surface area (Å²) in [6.07, 6.45) is 2.04. The van der Waals surface area contributed by atoms with Crippen LogP contribution in [0.4, 0.5) is 4.39 Å². The van der Waals surface area contributed by atoms with E-state index in [-0.39, 0.29) is 12.4 Å². The summed E-state index contributed by atoms with van der Waals surface area (Å²) in [5.41, 5.74) is 6.08. The van der Waals surface area contributed by atoms with E-state index in [1.54, 1.807) is 0 Å². The highest BCUT2D eigenvalue weighted by atomic mass is 19.1. The predicted octanol–water partition coefficient (Wildman–Crippen LogP) is 1.01. The summed E-state index contributed by atoms with van der Waals surface area (Å²) in [6, 6.07) is 1.36. The standard InChI is InChI=1S/C11H18FN3O/c1-15(2)4-3-5-16-11-9(7-13)6-10(12)8-14-11/h6,8H,3-5,7,13H2,1-2H3. The number of halogens is 1. The fourth-order valence-electron chi connectivity index (χ4n) is 1.29. The quantitative estimate of drug-likeness (QED) is 0.737. The van der Waals surface area contributed by atoms with Crippen molar-refractivity contribution >= 4 is 0 Å². The van der Waals surface area contributed by atoms with Gasteiger partial charge < -0.3 is 15.4 Å². The molecule has 2 N–H and O–H groups in total. The molecule has 1 heterocycles. The first-order valence-electron chi connectivity index (χ1n) is 5.25. The lowest BCUT2D eigenvalue weighted by molar-refractivity contribution is 0.270. The van der Waals surface area contributed by atoms with E-state index in [4.69, 9.17) is 10.5 Å². The summed E-state index contributed by atoms with van der Waals surface area (Å²) in [5, 5.41) is 0. The van der Waals surface area contributed by atoms with Gasteiger partial charge in [-0.05, 0) is 26.6 Å². The Kier molecular flexibility index (Phi) is 5.14. The van der Waals surface area contributed by atoms with Gasteiger partial charge in [0.15, 0.2) is 0 Å². The van der Waals surface area contributed by atoms with E-state index < -0.39 is 0 Å². The molecule has 0 aromatic carbocycles. The number of hydrogen-bond donors (Lipinski definition) is 1. The highest BCUT2D eigenvalue weighted by molar-refractivity contribution is 5.25. The Labute approximate surface area is 95.2 Å². The van der Waals surface area contributed by atoms with Crippen molar-refractivity contribution in [1.82, 2.24) is 9.88 Å². The van der Waals surface area contributed by atoms with Crippen LogP contribution in [0.3, 0.4) is 0 Å². The zero-order valence-corrected chi connectivity index (χ0v) is 9.74. The number of nitrogens with two attached hydrogens (primary N) is 1. The first-order chi connectivity index (χ1) is 7.63. The minimum absolute atomic E-state index is 0.230. The van der Waals surface area contributed by atoms with Gasteiger partial charge in [-0.25, -0.2) is 9.37 Å². The Balaban J connectivity index is 2.47. The SMILES string of the molecule is CN(C)CCCOc1ncc(F)cc1CN. The second kappa shape index (κ2) is 6.40. The van der Waals surface area contributed by atoms with E-state index in [9.17, 15) is 4.39 Å². The molecule has 0 aliphatic heterocycles. The molecule has 0 radical (unpaired) electrons. The minimum atomic E-state index is -0.388. The number of pyridine rings is 1. The van der Waals surface area contributed by atoms with Crippen molar-refractivity contribution in [3.63, 3.8) is 0 Å². The van der Waals surface area contributed by atoms with Gasteiger partial charge in [0, 0.05) is 18.7 Å². The number of aromatic nitrogens is 1. The van der Waals surface area contributed by atoms with E-state index in [0.29, 0.717) is 18.1 Å². The van der Waals surface area contributed by atoms with E-state index >= 15 is 0 Å². The third-order valence-electron chi connectivity index (χ3n) is 2.10. The van der Waals surface area contributed by atoms with Gasteiger partial charge in [-0.1, -0.05) is 0 Å². The maximum atomic E-state index is 12.8. The topological polar surface area (TPSA) is 51.4 Å². The van der Waals surface area contributed by atoms with Crippen LogP contribution in [-0.4, -0.2) is 37.1 Å². The predicted molar refractivity (Wildman–Crippen MR) is 60.8 cm³/mol. The molecular weight excluding hydrogens is 209 g/mol. The maximum absolute atomic E-state index is 12.8. The molecule has 0 bridgehead atoms. The van der Waals surface area contributed by atoms with Gasteiger partial charge in [-0.3, -0.25) is 0 Å². The summed E-state index contributed by atoms with van der Waals surface area (Å²) in [5.74, 6) is 0.0451. The van der Waals surface area contributed by atoms with Crippen LogP contribution in [0, 0.1) is 5.82 Å². The van der Waals surface area contributed by atoms with Crippen LogP contribution in [0.15, 0.2) is 12.3 Å². The molecule has 90 valence electrons. The van der Waals surface area contributed by atoms with Crippen molar-refractivity contribution in [3.8, 4) is 5.88 Å². The number of hydrogen-bond acceptors (Lipinski definition) is 4. The van der Waals surface area contributed by atoms with Crippen LogP contribution in [0.25, 0.3) is 0 Å². The molecular formula is C11H18FN3O. The van der Waals surface area contributed by atoms with Gasteiger partial charge in [0.1, 0.15) is 5.82 Å². The van der Waals surface area contributed by atoms with E-state index in [1.165, 1.54) is 6.07 Å². The average Bonchev–Trinajstić information content (AvgIpc) is 2.25. The summed E-state index contributed by atoms with van der Waals surface area (Å²) in [6.45, 7) is 1.73. The third-order valence-corrected chi connectivity index (χ3v) is 2.10. The van der Waals surface area contributed by atoms with Crippen molar-refractivity contribution in [3.05, 3.63) is 23.6 Å². The minimum Gasteiger partial charge on any atom is -0.477 e. The Morgan fingerprint density at radius 1 is 1.50 bits per heavy atom. The Hall–Kier alpha value is -1.20. The Morgan fingerprint density at radius 2 is 2.25 bits per heavy atom. The normalized spacial score (nSPS) is 10.8. The van der Waals surface area contributed by atoms with Crippen molar-refractivity contribution in [2.75, 3.05) is 27.2 Å². The van der Waals surface area contributed by atoms with Crippen LogP contribution in [0.5, 0.6) is 5.88 Å². The van der Waals surface area contributed by atoms with Gasteiger partial charge in [0.2, 0.25) is 5.88 Å². The zero-order chi connectivity index (χ0) is 12.0. The highest BCUT2D eigenvalue weighted by Crippen LogP contribution is 2.15. The second-order valence-electron chi connectivity index (χ2n) is 3.83. The summed E-state index contributed by atoms with van der Waals surface area (Å²) in [4.78, 5) is 5.95. The van der Waals surface area contributed by atoms with Crippen molar-refractivity contribution in [2.45, 2.75) is 13.0 Å². The first kappa shape index (κ1) is 12.9. The van der Waals surface area contributed by atoms with Crippen LogP contribution in [0.1, 0.15) is 12.0 Å². The lowest BCUT2D eigenvalue weighted by atomic mass is 10.2. The van der Waals surface area contributed by atoms with Gasteiger partial charge in [-0.2, -0.15) is 0 Å². The Bertz CT molecular complexity index is 331. The Morgan fingerprint density at radius 3 is 2.88 bits per heavy atom. The van der Waals surface area contributed by atoms with E-state index in [2.05, 4.69) is 9.88 Å². The molecule has 1 rings (SSSR count). The summed E-state index contributed by atoms with van der Waals surface area (Å²) < 4.78 is 18.3. The fourth-order valence-corrected chi connectivity index (χ4v) is 1.29. The largest absolute Gasteiger partial charge is 0.477 e. The fraction of sp³-hybridized carbons (Fsp3) is 0.545.